The van der Waals surface area contributed by atoms with E-state index in [1.807, 2.05) is 0 Å². The van der Waals surface area contributed by atoms with E-state index >= 15 is 0 Å². The van der Waals surface area contributed by atoms with Crippen molar-refractivity contribution in [2.24, 2.45) is 11.3 Å². The van der Waals surface area contributed by atoms with Gasteiger partial charge in [0.1, 0.15) is 0 Å². The fourth-order valence-electron chi connectivity index (χ4n) is 3.56. The number of benzene rings is 1. The van der Waals surface area contributed by atoms with Crippen molar-refractivity contribution in [2.45, 2.75) is 65.3 Å². The van der Waals surface area contributed by atoms with Crippen LogP contribution in [0.25, 0.3) is 0 Å². The smallest absolute Gasteiger partial charge is 0.0859 e. The monoisotopic (exact) mass is 274 g/mol. The number of quaternary nitrogens is 1. The van der Waals surface area contributed by atoms with Crippen LogP contribution in [0.4, 0.5) is 0 Å². The highest BCUT2D eigenvalue weighted by Crippen LogP contribution is 2.39. The first kappa shape index (κ1) is 15.6. The normalized spacial score (nSPS) is 23.8. The van der Waals surface area contributed by atoms with Crippen LogP contribution >= 0.6 is 0 Å². The molecule has 0 saturated heterocycles. The molecule has 0 unspecified atom stereocenters. The Kier molecular flexibility index (Phi) is 5.65. The minimum absolute atomic E-state index is 0.551. The van der Waals surface area contributed by atoms with Crippen molar-refractivity contribution < 1.29 is 5.32 Å². The highest BCUT2D eigenvalue weighted by Gasteiger charge is 2.32. The fraction of sp³-hybridized carbons (Fsp3) is 0.684. The summed E-state index contributed by atoms with van der Waals surface area (Å²) in [6.45, 7) is 8.50. The van der Waals surface area contributed by atoms with Gasteiger partial charge in [0.25, 0.3) is 0 Å². The van der Waals surface area contributed by atoms with E-state index in [0.29, 0.717) is 5.41 Å². The first-order chi connectivity index (χ1) is 9.62. The fourth-order valence-corrected chi connectivity index (χ4v) is 3.56. The van der Waals surface area contributed by atoms with Crippen molar-refractivity contribution in [3.8, 4) is 0 Å². The second-order valence-electron chi connectivity index (χ2n) is 7.21. The molecule has 2 N–H and O–H groups in total. The maximum Gasteiger partial charge on any atom is 0.0859 e. The van der Waals surface area contributed by atoms with Crippen LogP contribution in [-0.4, -0.2) is 12.6 Å². The van der Waals surface area contributed by atoms with E-state index in [0.717, 1.165) is 12.0 Å². The average molecular weight is 274 g/mol. The first-order valence-electron chi connectivity index (χ1n) is 8.49. The summed E-state index contributed by atoms with van der Waals surface area (Å²) in [6.07, 6.45) is 8.24. The van der Waals surface area contributed by atoms with Crippen LogP contribution in [-0.2, 0) is 6.42 Å². The van der Waals surface area contributed by atoms with Gasteiger partial charge in [-0.25, -0.2) is 0 Å². The van der Waals surface area contributed by atoms with Gasteiger partial charge in [-0.3, -0.25) is 0 Å². The van der Waals surface area contributed by atoms with Crippen molar-refractivity contribution in [3.63, 3.8) is 0 Å². The van der Waals surface area contributed by atoms with E-state index in [2.05, 4.69) is 56.4 Å². The van der Waals surface area contributed by atoms with Crippen LogP contribution in [0.15, 0.2) is 30.3 Å². The Labute approximate surface area is 125 Å². The molecule has 112 valence electrons. The minimum Gasteiger partial charge on any atom is -0.344 e. The Balaban J connectivity index is 1.67. The van der Waals surface area contributed by atoms with E-state index < -0.39 is 0 Å². The highest BCUT2D eigenvalue weighted by atomic mass is 14.9. The van der Waals surface area contributed by atoms with Crippen LogP contribution in [0, 0.1) is 11.3 Å². The largest absolute Gasteiger partial charge is 0.344 e. The van der Waals surface area contributed by atoms with Crippen molar-refractivity contribution in [2.75, 3.05) is 6.54 Å². The molecule has 1 nitrogen and oxygen atoms in total. The molecule has 1 fully saturated rings. The second kappa shape index (κ2) is 7.26. The number of hydrogen-bond donors (Lipinski definition) is 1. The van der Waals surface area contributed by atoms with Crippen molar-refractivity contribution in [3.05, 3.63) is 35.9 Å². The quantitative estimate of drug-likeness (QED) is 0.813. The molecule has 2 rings (SSSR count). The Morgan fingerprint density at radius 1 is 1.05 bits per heavy atom. The lowest BCUT2D eigenvalue weighted by atomic mass is 9.69. The molecule has 0 amide bonds. The van der Waals surface area contributed by atoms with Crippen molar-refractivity contribution in [1.29, 1.82) is 0 Å². The predicted octanol–water partition coefficient (Wildman–Crippen LogP) is 3.79. The molecule has 1 aliphatic carbocycles. The van der Waals surface area contributed by atoms with Crippen LogP contribution in [0.1, 0.15) is 58.4 Å². The molecule has 1 heteroatoms. The summed E-state index contributed by atoms with van der Waals surface area (Å²) in [4.78, 5) is 0. The van der Waals surface area contributed by atoms with E-state index in [-0.39, 0.29) is 0 Å². The second-order valence-corrected chi connectivity index (χ2v) is 7.21. The Hall–Kier alpha value is -0.820. The van der Waals surface area contributed by atoms with Crippen LogP contribution in [0.5, 0.6) is 0 Å². The number of hydrogen-bond acceptors (Lipinski definition) is 0. The first-order valence-corrected chi connectivity index (χ1v) is 8.49. The lowest BCUT2D eigenvalue weighted by molar-refractivity contribution is -0.691. The predicted molar refractivity (Wildman–Crippen MR) is 86.8 cm³/mol. The molecule has 0 heterocycles. The zero-order valence-corrected chi connectivity index (χ0v) is 13.6. The molecule has 0 atom stereocenters. The zero-order valence-electron chi connectivity index (χ0n) is 13.6. The lowest BCUT2D eigenvalue weighted by Gasteiger charge is -2.38. The summed E-state index contributed by atoms with van der Waals surface area (Å²) < 4.78 is 0. The van der Waals surface area contributed by atoms with Gasteiger partial charge in [-0.05, 0) is 42.6 Å². The van der Waals surface area contributed by atoms with Crippen LogP contribution < -0.4 is 5.32 Å². The Morgan fingerprint density at radius 2 is 1.70 bits per heavy atom. The molecule has 1 aliphatic rings. The third-order valence-corrected chi connectivity index (χ3v) is 5.56. The van der Waals surface area contributed by atoms with Gasteiger partial charge in [0.05, 0.1) is 12.6 Å². The van der Waals surface area contributed by atoms with Gasteiger partial charge in [0.2, 0.25) is 0 Å². The standard InChI is InChI=1S/C19H31N/c1-4-19(2,3)17-10-12-18(13-11-17)20-15-14-16-8-6-5-7-9-16/h5-9,17-18,20H,4,10-15H2,1-3H3/p+1. The minimum atomic E-state index is 0.551. The molecular formula is C19H32N+. The summed E-state index contributed by atoms with van der Waals surface area (Å²) in [5, 5.41) is 2.60. The van der Waals surface area contributed by atoms with E-state index in [9.17, 15) is 0 Å². The molecule has 0 spiro atoms. The molecule has 1 saturated carbocycles. The number of nitrogens with two attached hydrogens (primary N) is 1. The highest BCUT2D eigenvalue weighted by molar-refractivity contribution is 5.14. The van der Waals surface area contributed by atoms with Crippen molar-refractivity contribution >= 4 is 0 Å². The topological polar surface area (TPSA) is 16.6 Å². The van der Waals surface area contributed by atoms with Gasteiger partial charge in [-0.15, -0.1) is 0 Å². The summed E-state index contributed by atoms with van der Waals surface area (Å²) in [6, 6.07) is 11.8. The average Bonchev–Trinajstić information content (AvgIpc) is 2.49. The maximum atomic E-state index is 2.60. The number of rotatable bonds is 6. The lowest BCUT2D eigenvalue weighted by Crippen LogP contribution is -2.90. The molecule has 0 aliphatic heterocycles. The van der Waals surface area contributed by atoms with Crippen LogP contribution in [0.3, 0.4) is 0 Å². The zero-order chi connectivity index (χ0) is 14.4. The van der Waals surface area contributed by atoms with E-state index in [4.69, 9.17) is 0 Å². The Morgan fingerprint density at radius 3 is 2.30 bits per heavy atom. The van der Waals surface area contributed by atoms with Gasteiger partial charge in [-0.1, -0.05) is 57.5 Å². The van der Waals surface area contributed by atoms with E-state index in [1.165, 1.54) is 50.6 Å². The molecule has 0 radical (unpaired) electrons. The molecule has 1 aromatic rings. The molecule has 0 bridgehead atoms. The Bertz CT molecular complexity index is 374. The molecular weight excluding hydrogens is 242 g/mol. The van der Waals surface area contributed by atoms with E-state index in [1.54, 1.807) is 0 Å². The molecule has 0 aromatic heterocycles. The van der Waals surface area contributed by atoms with Crippen molar-refractivity contribution in [1.82, 2.24) is 0 Å². The van der Waals surface area contributed by atoms with Crippen LogP contribution in [0.2, 0.25) is 0 Å². The van der Waals surface area contributed by atoms with Gasteiger partial charge in [0, 0.05) is 6.42 Å². The molecule has 20 heavy (non-hydrogen) atoms. The van der Waals surface area contributed by atoms with Gasteiger partial charge < -0.3 is 5.32 Å². The molecule has 1 aromatic carbocycles. The SMILES string of the molecule is CCC(C)(C)C1CCC([NH2+]CCc2ccccc2)CC1. The summed E-state index contributed by atoms with van der Waals surface area (Å²) in [5.74, 6) is 0.950. The summed E-state index contributed by atoms with van der Waals surface area (Å²) >= 11 is 0. The van der Waals surface area contributed by atoms with Gasteiger partial charge >= 0.3 is 0 Å². The van der Waals surface area contributed by atoms with Gasteiger partial charge in [0.15, 0.2) is 0 Å². The third-order valence-electron chi connectivity index (χ3n) is 5.56. The van der Waals surface area contributed by atoms with Gasteiger partial charge in [-0.2, -0.15) is 0 Å². The maximum absolute atomic E-state index is 2.60. The summed E-state index contributed by atoms with van der Waals surface area (Å²) in [7, 11) is 0. The third kappa shape index (κ3) is 4.34. The summed E-state index contributed by atoms with van der Waals surface area (Å²) in [5.41, 5.74) is 2.03.